The summed E-state index contributed by atoms with van der Waals surface area (Å²) in [5.74, 6) is -4.40. The molecule has 0 aromatic heterocycles. The van der Waals surface area contributed by atoms with Crippen LogP contribution in [0.3, 0.4) is 0 Å². The van der Waals surface area contributed by atoms with E-state index in [1.165, 1.54) is 0 Å². The van der Waals surface area contributed by atoms with Gasteiger partial charge in [-0.05, 0) is 30.7 Å². The van der Waals surface area contributed by atoms with E-state index in [0.717, 1.165) is 0 Å². The number of hydrogen-bond acceptors (Lipinski definition) is 7. The Bertz CT molecular complexity index is 1010. The van der Waals surface area contributed by atoms with Gasteiger partial charge < -0.3 is 44.0 Å². The molecule has 14 nitrogen and oxygen atoms in total. The van der Waals surface area contributed by atoms with Crippen LogP contribution in [0, 0.1) is 5.92 Å². The minimum absolute atomic E-state index is 0.0285. The van der Waals surface area contributed by atoms with Crippen LogP contribution in [0.5, 0.6) is 0 Å². The van der Waals surface area contributed by atoms with Gasteiger partial charge in [0, 0.05) is 19.4 Å². The minimum atomic E-state index is -1.40. The molecule has 4 unspecified atom stereocenters. The van der Waals surface area contributed by atoms with Crippen molar-refractivity contribution in [3.05, 3.63) is 35.9 Å². The third-order valence-electron chi connectivity index (χ3n) is 5.81. The van der Waals surface area contributed by atoms with E-state index in [1.54, 1.807) is 44.2 Å². The molecule has 0 saturated heterocycles. The van der Waals surface area contributed by atoms with Gasteiger partial charge >= 0.3 is 5.97 Å². The van der Waals surface area contributed by atoms with E-state index in [9.17, 15) is 29.1 Å². The van der Waals surface area contributed by atoms with Crippen LogP contribution in [0.2, 0.25) is 0 Å². The molecule has 4 amide bonds. The number of aliphatic imine (C=N–C) groups is 1. The van der Waals surface area contributed by atoms with Crippen molar-refractivity contribution in [2.75, 3.05) is 6.54 Å². The number of nitrogens with one attached hydrogen (secondary N) is 3. The summed E-state index contributed by atoms with van der Waals surface area (Å²) >= 11 is 0. The summed E-state index contributed by atoms with van der Waals surface area (Å²) in [5, 5.41) is 17.1. The van der Waals surface area contributed by atoms with E-state index in [4.69, 9.17) is 22.9 Å². The lowest BCUT2D eigenvalue weighted by Crippen LogP contribution is -2.58. The van der Waals surface area contributed by atoms with E-state index in [-0.39, 0.29) is 44.1 Å². The number of carbonyl (C=O) groups excluding carboxylic acids is 4. The number of nitrogens with two attached hydrogens (primary N) is 4. The van der Waals surface area contributed by atoms with Crippen molar-refractivity contribution in [3.8, 4) is 0 Å². The molecule has 0 spiro atoms. The number of rotatable bonds is 17. The number of hydrogen-bond donors (Lipinski definition) is 8. The molecule has 0 aliphatic carbocycles. The summed E-state index contributed by atoms with van der Waals surface area (Å²) in [6.07, 6.45) is 0.0127. The van der Waals surface area contributed by atoms with E-state index in [1.807, 2.05) is 0 Å². The number of carbonyl (C=O) groups is 5. The predicted molar refractivity (Wildman–Crippen MR) is 145 cm³/mol. The average Bonchev–Trinajstić information content (AvgIpc) is 2.87. The first-order chi connectivity index (χ1) is 18.3. The van der Waals surface area contributed by atoms with Gasteiger partial charge in [-0.15, -0.1) is 0 Å². The standard InChI is InChI=1S/C25H40N8O6/c1-14(2)20(27)23(37)31-16(9-6-12-30-25(28)29)21(35)33-18(13-15-7-4-3-5-8-15)22(36)32-17(24(38)39)10-11-19(26)34/h3-5,7-8,14,16-18,20H,6,9-13,27H2,1-2H3,(H2,26,34)(H,31,37)(H,32,36)(H,33,35)(H,38,39)(H4,28,29,30). The molecule has 216 valence electrons. The number of carboxylic acid groups (broad SMARTS) is 1. The van der Waals surface area contributed by atoms with Crippen LogP contribution in [0.15, 0.2) is 35.3 Å². The largest absolute Gasteiger partial charge is 0.480 e. The number of primary amides is 1. The zero-order valence-electron chi connectivity index (χ0n) is 22.3. The van der Waals surface area contributed by atoms with Gasteiger partial charge in [0.1, 0.15) is 18.1 Å². The number of aliphatic carboxylic acids is 1. The SMILES string of the molecule is CC(C)C(N)C(=O)NC(CCCN=C(N)N)C(=O)NC(Cc1ccccc1)C(=O)NC(CCC(N)=O)C(=O)O. The summed E-state index contributed by atoms with van der Waals surface area (Å²) in [6.45, 7) is 3.72. The summed E-state index contributed by atoms with van der Waals surface area (Å²) in [5.41, 5.74) is 22.4. The minimum Gasteiger partial charge on any atom is -0.480 e. The van der Waals surface area contributed by atoms with Gasteiger partial charge in [-0.3, -0.25) is 24.2 Å². The van der Waals surface area contributed by atoms with Crippen LogP contribution in [0.1, 0.15) is 45.1 Å². The molecule has 0 heterocycles. The van der Waals surface area contributed by atoms with Gasteiger partial charge in [0.15, 0.2) is 5.96 Å². The van der Waals surface area contributed by atoms with Crippen LogP contribution in [-0.2, 0) is 30.4 Å². The first-order valence-corrected chi connectivity index (χ1v) is 12.6. The summed E-state index contributed by atoms with van der Waals surface area (Å²) < 4.78 is 0. The normalized spacial score (nSPS) is 13.8. The molecule has 0 radical (unpaired) electrons. The number of carboxylic acids is 1. The fourth-order valence-electron chi connectivity index (χ4n) is 3.49. The number of guanidine groups is 1. The summed E-state index contributed by atoms with van der Waals surface area (Å²) in [7, 11) is 0. The summed E-state index contributed by atoms with van der Waals surface area (Å²) in [6, 6.07) is 4.20. The highest BCUT2D eigenvalue weighted by Gasteiger charge is 2.31. The second kappa shape index (κ2) is 16.6. The number of nitrogens with zero attached hydrogens (tertiary/aromatic N) is 1. The van der Waals surface area contributed by atoms with Crippen molar-refractivity contribution in [2.24, 2.45) is 33.8 Å². The second-order valence-electron chi connectivity index (χ2n) is 9.44. The Morgan fingerprint density at radius 2 is 1.41 bits per heavy atom. The maximum Gasteiger partial charge on any atom is 0.326 e. The Hall–Kier alpha value is -4.20. The molecule has 39 heavy (non-hydrogen) atoms. The Balaban J connectivity index is 3.16. The highest BCUT2D eigenvalue weighted by Crippen LogP contribution is 2.08. The monoisotopic (exact) mass is 548 g/mol. The third-order valence-corrected chi connectivity index (χ3v) is 5.81. The van der Waals surface area contributed by atoms with Crippen molar-refractivity contribution in [3.63, 3.8) is 0 Å². The lowest BCUT2D eigenvalue weighted by Gasteiger charge is -2.26. The maximum absolute atomic E-state index is 13.3. The third kappa shape index (κ3) is 12.7. The highest BCUT2D eigenvalue weighted by molar-refractivity contribution is 5.94. The molecule has 0 fully saturated rings. The van der Waals surface area contributed by atoms with Gasteiger partial charge in [0.2, 0.25) is 23.6 Å². The van der Waals surface area contributed by atoms with Crippen LogP contribution >= 0.6 is 0 Å². The van der Waals surface area contributed by atoms with E-state index in [0.29, 0.717) is 12.0 Å². The van der Waals surface area contributed by atoms with Crippen LogP contribution in [-0.4, -0.2) is 71.4 Å². The molecular formula is C25H40N8O6. The number of benzene rings is 1. The maximum atomic E-state index is 13.3. The van der Waals surface area contributed by atoms with Gasteiger partial charge in [-0.1, -0.05) is 44.2 Å². The zero-order chi connectivity index (χ0) is 29.5. The topological polar surface area (TPSA) is 258 Å². The Labute approximate surface area is 227 Å². The molecule has 1 rings (SSSR count). The first-order valence-electron chi connectivity index (χ1n) is 12.6. The smallest absolute Gasteiger partial charge is 0.326 e. The van der Waals surface area contributed by atoms with Crippen molar-refractivity contribution in [2.45, 2.75) is 70.1 Å². The van der Waals surface area contributed by atoms with E-state index in [2.05, 4.69) is 20.9 Å². The predicted octanol–water partition coefficient (Wildman–Crippen LogP) is -1.93. The lowest BCUT2D eigenvalue weighted by atomic mass is 10.0. The fourth-order valence-corrected chi connectivity index (χ4v) is 3.49. The average molecular weight is 549 g/mol. The molecule has 1 aromatic carbocycles. The van der Waals surface area contributed by atoms with Crippen LogP contribution in [0.25, 0.3) is 0 Å². The number of amides is 4. The summed E-state index contributed by atoms with van der Waals surface area (Å²) in [4.78, 5) is 65.8. The van der Waals surface area contributed by atoms with E-state index < -0.39 is 53.8 Å². The van der Waals surface area contributed by atoms with Crippen LogP contribution in [0.4, 0.5) is 0 Å². The van der Waals surface area contributed by atoms with Crippen molar-refractivity contribution < 1.29 is 29.1 Å². The Morgan fingerprint density at radius 3 is 1.95 bits per heavy atom. The van der Waals surface area contributed by atoms with Gasteiger partial charge in [-0.2, -0.15) is 0 Å². The Kier molecular flexibility index (Phi) is 14.0. The molecule has 12 N–H and O–H groups in total. The molecule has 0 aliphatic heterocycles. The second-order valence-corrected chi connectivity index (χ2v) is 9.44. The van der Waals surface area contributed by atoms with Gasteiger partial charge in [-0.25, -0.2) is 4.79 Å². The van der Waals surface area contributed by atoms with Crippen LogP contribution < -0.4 is 38.9 Å². The molecule has 4 atom stereocenters. The fraction of sp³-hybridized carbons (Fsp3) is 0.520. The molecule has 1 aromatic rings. The van der Waals surface area contributed by atoms with Crippen molar-refractivity contribution in [1.29, 1.82) is 0 Å². The van der Waals surface area contributed by atoms with Crippen molar-refractivity contribution >= 4 is 35.6 Å². The molecule has 0 bridgehead atoms. The lowest BCUT2D eigenvalue weighted by molar-refractivity contribution is -0.142. The quantitative estimate of drug-likeness (QED) is 0.0611. The molecule has 0 saturated carbocycles. The van der Waals surface area contributed by atoms with Gasteiger partial charge in [0.05, 0.1) is 6.04 Å². The zero-order valence-corrected chi connectivity index (χ0v) is 22.3. The molecular weight excluding hydrogens is 508 g/mol. The molecule has 0 aliphatic rings. The first kappa shape index (κ1) is 32.8. The van der Waals surface area contributed by atoms with Crippen molar-refractivity contribution in [1.82, 2.24) is 16.0 Å². The Morgan fingerprint density at radius 1 is 0.846 bits per heavy atom. The molecule has 14 heteroatoms. The highest BCUT2D eigenvalue weighted by atomic mass is 16.4. The van der Waals surface area contributed by atoms with E-state index >= 15 is 0 Å². The van der Waals surface area contributed by atoms with Gasteiger partial charge in [0.25, 0.3) is 0 Å².